The van der Waals surface area contributed by atoms with E-state index in [0.29, 0.717) is 6.61 Å². The normalized spacial score (nSPS) is 13.1. The summed E-state index contributed by atoms with van der Waals surface area (Å²) in [5.41, 5.74) is 5.62. The SMILES string of the molecule is O=C(NCCC(NCOCc1ccccc1)C(=O)O)OCC1c2ccccc2-c2ccccc21. The molecule has 0 aliphatic heterocycles. The molecule has 34 heavy (non-hydrogen) atoms. The summed E-state index contributed by atoms with van der Waals surface area (Å²) in [5, 5.41) is 14.9. The van der Waals surface area contributed by atoms with Crippen LogP contribution in [0.15, 0.2) is 78.9 Å². The maximum absolute atomic E-state index is 12.3. The molecule has 1 amide bonds. The number of benzene rings is 3. The molecule has 1 aliphatic rings. The Kier molecular flexibility index (Phi) is 7.91. The first-order valence-electron chi connectivity index (χ1n) is 11.3. The number of carbonyl (C=O) groups is 2. The fraction of sp³-hybridized carbons (Fsp3) is 0.259. The van der Waals surface area contributed by atoms with Gasteiger partial charge in [0.25, 0.3) is 0 Å². The van der Waals surface area contributed by atoms with E-state index in [1.165, 1.54) is 0 Å². The average Bonchev–Trinajstić information content (AvgIpc) is 3.18. The maximum Gasteiger partial charge on any atom is 0.407 e. The smallest absolute Gasteiger partial charge is 0.407 e. The molecule has 1 atom stereocenters. The summed E-state index contributed by atoms with van der Waals surface area (Å²) in [4.78, 5) is 23.8. The lowest BCUT2D eigenvalue weighted by Gasteiger charge is -2.16. The second kappa shape index (κ2) is 11.4. The zero-order chi connectivity index (χ0) is 23.8. The van der Waals surface area contributed by atoms with Crippen molar-refractivity contribution in [1.82, 2.24) is 10.6 Å². The van der Waals surface area contributed by atoms with Gasteiger partial charge in [0, 0.05) is 12.5 Å². The number of hydrogen-bond donors (Lipinski definition) is 3. The molecule has 4 rings (SSSR count). The zero-order valence-corrected chi connectivity index (χ0v) is 18.8. The molecule has 7 heteroatoms. The summed E-state index contributed by atoms with van der Waals surface area (Å²) in [6.45, 7) is 0.863. The maximum atomic E-state index is 12.3. The third kappa shape index (κ3) is 5.81. The second-order valence-electron chi connectivity index (χ2n) is 8.11. The fourth-order valence-electron chi connectivity index (χ4n) is 4.18. The molecule has 1 aliphatic carbocycles. The van der Waals surface area contributed by atoms with Crippen molar-refractivity contribution < 1.29 is 24.2 Å². The first-order valence-corrected chi connectivity index (χ1v) is 11.3. The van der Waals surface area contributed by atoms with Crippen molar-refractivity contribution >= 4 is 12.1 Å². The van der Waals surface area contributed by atoms with Crippen LogP contribution in [0.4, 0.5) is 4.79 Å². The summed E-state index contributed by atoms with van der Waals surface area (Å²) < 4.78 is 11.0. The van der Waals surface area contributed by atoms with E-state index in [-0.39, 0.29) is 32.2 Å². The van der Waals surface area contributed by atoms with Gasteiger partial charge in [-0.25, -0.2) is 4.79 Å². The van der Waals surface area contributed by atoms with Gasteiger partial charge >= 0.3 is 12.1 Å². The number of ether oxygens (including phenoxy) is 2. The van der Waals surface area contributed by atoms with E-state index in [0.717, 1.165) is 27.8 Å². The molecule has 3 N–H and O–H groups in total. The van der Waals surface area contributed by atoms with Crippen molar-refractivity contribution in [2.45, 2.75) is 25.0 Å². The van der Waals surface area contributed by atoms with Gasteiger partial charge in [-0.3, -0.25) is 10.1 Å². The lowest BCUT2D eigenvalue weighted by atomic mass is 9.98. The highest BCUT2D eigenvalue weighted by atomic mass is 16.5. The number of nitrogens with one attached hydrogen (secondary N) is 2. The molecule has 0 fully saturated rings. The van der Waals surface area contributed by atoms with Crippen molar-refractivity contribution in [2.24, 2.45) is 0 Å². The quantitative estimate of drug-likeness (QED) is 0.294. The first kappa shape index (κ1) is 23.5. The molecular weight excluding hydrogens is 432 g/mol. The molecule has 7 nitrogen and oxygen atoms in total. The molecule has 0 aromatic heterocycles. The summed E-state index contributed by atoms with van der Waals surface area (Å²) in [6.07, 6.45) is -0.361. The standard InChI is InChI=1S/C27H28N2O5/c30-26(31)25(29-18-33-16-19-8-2-1-3-9-19)14-15-28-27(32)34-17-24-22-12-6-4-10-20(22)21-11-5-7-13-23(21)24/h1-13,24-25,29H,14-18H2,(H,28,32)(H,30,31). The highest BCUT2D eigenvalue weighted by Crippen LogP contribution is 2.44. The monoisotopic (exact) mass is 460 g/mol. The molecule has 0 saturated carbocycles. The van der Waals surface area contributed by atoms with Crippen LogP contribution in [0, 0.1) is 0 Å². The van der Waals surface area contributed by atoms with Gasteiger partial charge in [-0.05, 0) is 34.2 Å². The first-order chi connectivity index (χ1) is 16.6. The van der Waals surface area contributed by atoms with Crippen LogP contribution in [-0.4, -0.2) is 43.1 Å². The van der Waals surface area contributed by atoms with E-state index in [1.54, 1.807) is 0 Å². The van der Waals surface area contributed by atoms with E-state index in [1.807, 2.05) is 54.6 Å². The molecule has 0 saturated heterocycles. The number of aliphatic carboxylic acids is 1. The van der Waals surface area contributed by atoms with Gasteiger partial charge in [0.15, 0.2) is 0 Å². The Hall–Kier alpha value is -3.68. The fourth-order valence-corrected chi connectivity index (χ4v) is 4.18. The predicted molar refractivity (Wildman–Crippen MR) is 128 cm³/mol. The topological polar surface area (TPSA) is 96.9 Å². The number of amides is 1. The van der Waals surface area contributed by atoms with Gasteiger partial charge in [-0.1, -0.05) is 78.9 Å². The second-order valence-corrected chi connectivity index (χ2v) is 8.11. The number of carboxylic acids is 1. The van der Waals surface area contributed by atoms with Crippen LogP contribution >= 0.6 is 0 Å². The third-order valence-electron chi connectivity index (χ3n) is 5.89. The number of hydrogen-bond acceptors (Lipinski definition) is 5. The van der Waals surface area contributed by atoms with Gasteiger partial charge in [0.05, 0.1) is 13.3 Å². The Labute approximate surface area is 198 Å². The van der Waals surface area contributed by atoms with Crippen molar-refractivity contribution in [3.05, 3.63) is 95.6 Å². The number of fused-ring (bicyclic) bond motifs is 3. The Bertz CT molecular complexity index is 1070. The van der Waals surface area contributed by atoms with Gasteiger partial charge in [-0.2, -0.15) is 0 Å². The molecule has 3 aromatic rings. The van der Waals surface area contributed by atoms with Crippen LogP contribution in [0.2, 0.25) is 0 Å². The van der Waals surface area contributed by atoms with E-state index < -0.39 is 18.1 Å². The third-order valence-corrected chi connectivity index (χ3v) is 5.89. The number of alkyl carbamates (subject to hydrolysis) is 1. The summed E-state index contributed by atoms with van der Waals surface area (Å²) >= 11 is 0. The van der Waals surface area contributed by atoms with Crippen LogP contribution in [0.1, 0.15) is 29.0 Å². The Morgan fingerprint density at radius 1 is 0.882 bits per heavy atom. The van der Waals surface area contributed by atoms with Crippen LogP contribution < -0.4 is 10.6 Å². The van der Waals surface area contributed by atoms with Crippen molar-refractivity contribution in [2.75, 3.05) is 19.9 Å². The lowest BCUT2D eigenvalue weighted by Crippen LogP contribution is -2.41. The van der Waals surface area contributed by atoms with Crippen LogP contribution in [-0.2, 0) is 20.9 Å². The highest BCUT2D eigenvalue weighted by Gasteiger charge is 2.29. The van der Waals surface area contributed by atoms with E-state index >= 15 is 0 Å². The highest BCUT2D eigenvalue weighted by molar-refractivity contribution is 5.79. The van der Waals surface area contributed by atoms with Crippen LogP contribution in [0.25, 0.3) is 11.1 Å². The summed E-state index contributed by atoms with van der Waals surface area (Å²) in [5.74, 6) is -1.02. The summed E-state index contributed by atoms with van der Waals surface area (Å²) in [7, 11) is 0. The molecule has 0 heterocycles. The van der Waals surface area contributed by atoms with Crippen LogP contribution in [0.5, 0.6) is 0 Å². The van der Waals surface area contributed by atoms with Crippen molar-refractivity contribution in [3.8, 4) is 11.1 Å². The minimum absolute atomic E-state index is 0.0200. The Morgan fingerprint density at radius 3 is 2.15 bits per heavy atom. The minimum atomic E-state index is -1.00. The largest absolute Gasteiger partial charge is 0.480 e. The van der Waals surface area contributed by atoms with Crippen LogP contribution in [0.3, 0.4) is 0 Å². The van der Waals surface area contributed by atoms with E-state index in [4.69, 9.17) is 9.47 Å². The molecule has 0 radical (unpaired) electrons. The van der Waals surface area contributed by atoms with E-state index in [9.17, 15) is 14.7 Å². The van der Waals surface area contributed by atoms with Gasteiger partial charge < -0.3 is 19.9 Å². The van der Waals surface area contributed by atoms with Gasteiger partial charge in [0.1, 0.15) is 12.6 Å². The molecular formula is C27H28N2O5. The minimum Gasteiger partial charge on any atom is -0.480 e. The molecule has 1 unspecified atom stereocenters. The molecule has 3 aromatic carbocycles. The zero-order valence-electron chi connectivity index (χ0n) is 18.8. The molecule has 0 spiro atoms. The van der Waals surface area contributed by atoms with Crippen molar-refractivity contribution in [3.63, 3.8) is 0 Å². The Balaban J connectivity index is 1.20. The molecule has 0 bridgehead atoms. The van der Waals surface area contributed by atoms with Gasteiger partial charge in [0.2, 0.25) is 0 Å². The number of carbonyl (C=O) groups excluding carboxylic acids is 1. The summed E-state index contributed by atoms with van der Waals surface area (Å²) in [6, 6.07) is 25.1. The Morgan fingerprint density at radius 2 is 1.50 bits per heavy atom. The molecule has 176 valence electrons. The predicted octanol–water partition coefficient (Wildman–Crippen LogP) is 4.13. The van der Waals surface area contributed by atoms with E-state index in [2.05, 4.69) is 34.9 Å². The van der Waals surface area contributed by atoms with Crippen molar-refractivity contribution in [1.29, 1.82) is 0 Å². The van der Waals surface area contributed by atoms with Gasteiger partial charge in [-0.15, -0.1) is 0 Å². The lowest BCUT2D eigenvalue weighted by molar-refractivity contribution is -0.140. The average molecular weight is 461 g/mol. The number of rotatable bonds is 11. The number of carboxylic acid groups (broad SMARTS) is 1.